The maximum Gasteiger partial charge on any atom is 0.245 e. The van der Waals surface area contributed by atoms with Crippen molar-refractivity contribution in [2.24, 2.45) is 5.84 Å². The fraction of sp³-hybridized carbons (Fsp3) is 0.417. The van der Waals surface area contributed by atoms with Crippen LogP contribution in [0, 0.1) is 11.3 Å². The van der Waals surface area contributed by atoms with Crippen LogP contribution in [0.4, 0.5) is 5.69 Å². The zero-order valence-electron chi connectivity index (χ0n) is 10.4. The molecular formula is C12H16N4O2S. The summed E-state index contributed by atoms with van der Waals surface area (Å²) < 4.78 is 26.6. The lowest BCUT2D eigenvalue weighted by Gasteiger charge is -2.22. The van der Waals surface area contributed by atoms with Crippen LogP contribution in [0.3, 0.4) is 0 Å². The number of hydrogen-bond donors (Lipinski definition) is 2. The molecule has 0 aromatic heterocycles. The minimum atomic E-state index is -3.61. The third-order valence-electron chi connectivity index (χ3n) is 3.03. The van der Waals surface area contributed by atoms with Gasteiger partial charge in [0.05, 0.1) is 11.8 Å². The quantitative estimate of drug-likeness (QED) is 0.599. The van der Waals surface area contributed by atoms with Gasteiger partial charge in [0.1, 0.15) is 4.90 Å². The van der Waals surface area contributed by atoms with E-state index >= 15 is 0 Å². The van der Waals surface area contributed by atoms with Crippen molar-refractivity contribution in [2.45, 2.75) is 30.2 Å². The smallest absolute Gasteiger partial charge is 0.245 e. The van der Waals surface area contributed by atoms with Gasteiger partial charge in [0, 0.05) is 19.0 Å². The Morgan fingerprint density at radius 1 is 1.42 bits per heavy atom. The molecule has 19 heavy (non-hydrogen) atoms. The number of nitrogen functional groups attached to an aromatic ring is 1. The number of anilines is 1. The molecule has 102 valence electrons. The van der Waals surface area contributed by atoms with Crippen LogP contribution in [0.5, 0.6) is 0 Å². The molecule has 6 nitrogen and oxygen atoms in total. The zero-order valence-corrected chi connectivity index (χ0v) is 11.2. The number of nitriles is 1. The average molecular weight is 280 g/mol. The second-order valence-corrected chi connectivity index (χ2v) is 6.25. The van der Waals surface area contributed by atoms with Crippen molar-refractivity contribution in [3.8, 4) is 6.07 Å². The number of nitrogens with two attached hydrogens (primary N) is 1. The molecule has 7 heteroatoms. The Morgan fingerprint density at radius 2 is 2.11 bits per heavy atom. The number of sulfonamides is 1. The fourth-order valence-corrected chi connectivity index (χ4v) is 3.80. The monoisotopic (exact) mass is 280 g/mol. The molecule has 0 atom stereocenters. The molecule has 0 amide bonds. The van der Waals surface area contributed by atoms with Crippen molar-refractivity contribution in [3.05, 3.63) is 24.3 Å². The van der Waals surface area contributed by atoms with Crippen molar-refractivity contribution >= 4 is 15.7 Å². The van der Waals surface area contributed by atoms with Gasteiger partial charge in [-0.05, 0) is 25.0 Å². The van der Waals surface area contributed by atoms with E-state index in [1.165, 1.54) is 10.4 Å². The molecule has 2 rings (SSSR count). The highest BCUT2D eigenvalue weighted by molar-refractivity contribution is 7.89. The van der Waals surface area contributed by atoms with Crippen molar-refractivity contribution < 1.29 is 8.42 Å². The SMILES string of the molecule is N#CCCN(C1CC1)S(=O)(=O)c1ccccc1NN. The molecule has 1 aromatic carbocycles. The Bertz CT molecular complexity index is 590. The number of hydrogen-bond acceptors (Lipinski definition) is 5. The van der Waals surface area contributed by atoms with E-state index < -0.39 is 10.0 Å². The van der Waals surface area contributed by atoms with E-state index in [4.69, 9.17) is 11.1 Å². The van der Waals surface area contributed by atoms with Crippen LogP contribution in [-0.2, 0) is 10.0 Å². The summed E-state index contributed by atoms with van der Waals surface area (Å²) in [6.07, 6.45) is 1.89. The molecule has 0 unspecified atom stereocenters. The first-order valence-electron chi connectivity index (χ1n) is 6.05. The number of hydrazine groups is 1. The first-order valence-corrected chi connectivity index (χ1v) is 7.49. The summed E-state index contributed by atoms with van der Waals surface area (Å²) in [5.74, 6) is 5.35. The van der Waals surface area contributed by atoms with Gasteiger partial charge >= 0.3 is 0 Å². The van der Waals surface area contributed by atoms with Crippen molar-refractivity contribution in [3.63, 3.8) is 0 Å². The molecule has 0 radical (unpaired) electrons. The Morgan fingerprint density at radius 3 is 2.68 bits per heavy atom. The molecule has 1 saturated carbocycles. The average Bonchev–Trinajstić information content (AvgIpc) is 3.23. The van der Waals surface area contributed by atoms with Crippen LogP contribution >= 0.6 is 0 Å². The fourth-order valence-electron chi connectivity index (χ4n) is 1.96. The summed E-state index contributed by atoms with van der Waals surface area (Å²) in [6.45, 7) is 0.225. The highest BCUT2D eigenvalue weighted by Crippen LogP contribution is 2.34. The molecule has 3 N–H and O–H groups in total. The predicted octanol–water partition coefficient (Wildman–Crippen LogP) is 1.04. The lowest BCUT2D eigenvalue weighted by Crippen LogP contribution is -2.34. The summed E-state index contributed by atoms with van der Waals surface area (Å²) in [5.41, 5.74) is 2.77. The van der Waals surface area contributed by atoms with E-state index in [1.54, 1.807) is 18.2 Å². The summed E-state index contributed by atoms with van der Waals surface area (Å²) >= 11 is 0. The van der Waals surface area contributed by atoms with Gasteiger partial charge in [0.15, 0.2) is 0 Å². The summed E-state index contributed by atoms with van der Waals surface area (Å²) in [4.78, 5) is 0.155. The van der Waals surface area contributed by atoms with E-state index in [0.29, 0.717) is 5.69 Å². The number of nitrogens with zero attached hydrogens (tertiary/aromatic N) is 2. The molecular weight excluding hydrogens is 264 g/mol. The molecule has 0 saturated heterocycles. The highest BCUT2D eigenvalue weighted by atomic mass is 32.2. The van der Waals surface area contributed by atoms with E-state index in [0.717, 1.165) is 12.8 Å². The number of benzene rings is 1. The summed E-state index contributed by atoms with van der Waals surface area (Å²) in [7, 11) is -3.61. The van der Waals surface area contributed by atoms with Gasteiger partial charge in [-0.1, -0.05) is 12.1 Å². The Balaban J connectivity index is 2.36. The maximum absolute atomic E-state index is 12.6. The second kappa shape index (κ2) is 5.57. The number of para-hydroxylation sites is 1. The van der Waals surface area contributed by atoms with E-state index in [1.807, 2.05) is 6.07 Å². The van der Waals surface area contributed by atoms with Crippen molar-refractivity contribution in [2.75, 3.05) is 12.0 Å². The maximum atomic E-state index is 12.6. The molecule has 0 spiro atoms. The van der Waals surface area contributed by atoms with Gasteiger partial charge in [0.25, 0.3) is 0 Å². The van der Waals surface area contributed by atoms with Gasteiger partial charge in [-0.25, -0.2) is 8.42 Å². The van der Waals surface area contributed by atoms with E-state index in [2.05, 4.69) is 5.43 Å². The minimum Gasteiger partial charge on any atom is -0.323 e. The Kier molecular flexibility index (Phi) is 4.04. The first-order chi connectivity index (χ1) is 9.11. The molecule has 1 aromatic rings. The molecule has 0 bridgehead atoms. The third-order valence-corrected chi connectivity index (χ3v) is 5.04. The van der Waals surface area contributed by atoms with Gasteiger partial charge in [0.2, 0.25) is 10.0 Å². The van der Waals surface area contributed by atoms with Gasteiger partial charge in [-0.15, -0.1) is 0 Å². The van der Waals surface area contributed by atoms with E-state index in [9.17, 15) is 8.42 Å². The molecule has 1 aliphatic rings. The van der Waals surface area contributed by atoms with Crippen LogP contribution in [0.1, 0.15) is 19.3 Å². The third kappa shape index (κ3) is 2.87. The predicted molar refractivity (Wildman–Crippen MR) is 71.4 cm³/mol. The normalized spacial score (nSPS) is 15.2. The zero-order chi connectivity index (χ0) is 13.9. The lowest BCUT2D eigenvalue weighted by molar-refractivity contribution is 0.411. The van der Waals surface area contributed by atoms with Gasteiger partial charge in [-0.2, -0.15) is 9.57 Å². The minimum absolute atomic E-state index is 0.0178. The molecule has 0 heterocycles. The van der Waals surface area contributed by atoms with Crippen molar-refractivity contribution in [1.82, 2.24) is 4.31 Å². The Hall–Kier alpha value is -1.62. The largest absolute Gasteiger partial charge is 0.323 e. The van der Waals surface area contributed by atoms with Gasteiger partial charge < -0.3 is 5.43 Å². The van der Waals surface area contributed by atoms with Gasteiger partial charge in [-0.3, -0.25) is 5.84 Å². The number of nitrogens with one attached hydrogen (secondary N) is 1. The highest BCUT2D eigenvalue weighted by Gasteiger charge is 2.38. The van der Waals surface area contributed by atoms with Crippen LogP contribution in [0.15, 0.2) is 29.2 Å². The van der Waals surface area contributed by atoms with Crippen LogP contribution < -0.4 is 11.3 Å². The van der Waals surface area contributed by atoms with Crippen molar-refractivity contribution in [1.29, 1.82) is 5.26 Å². The number of rotatable bonds is 6. The standard InChI is InChI=1S/C12H16N4O2S/c13-8-3-9-16(10-6-7-10)19(17,18)12-5-2-1-4-11(12)15-14/h1-2,4-5,10,15H,3,6-7,9,14H2. The second-order valence-electron chi connectivity index (χ2n) is 4.40. The summed E-state index contributed by atoms with van der Waals surface area (Å²) in [5, 5.41) is 8.65. The molecule has 1 aliphatic carbocycles. The van der Waals surface area contributed by atoms with Crippen LogP contribution in [0.2, 0.25) is 0 Å². The summed E-state index contributed by atoms with van der Waals surface area (Å²) in [6, 6.07) is 8.51. The van der Waals surface area contributed by atoms with E-state index in [-0.39, 0.29) is 23.9 Å². The molecule has 1 fully saturated rings. The topological polar surface area (TPSA) is 99.2 Å². The lowest BCUT2D eigenvalue weighted by atomic mass is 10.3. The first kappa shape index (κ1) is 13.8. The van der Waals surface area contributed by atoms with Crippen LogP contribution in [0.25, 0.3) is 0 Å². The Labute approximate surface area is 112 Å². The van der Waals surface area contributed by atoms with Crippen LogP contribution in [-0.4, -0.2) is 25.3 Å². The molecule has 0 aliphatic heterocycles.